The molecule has 1 fully saturated rings. The van der Waals surface area contributed by atoms with E-state index in [2.05, 4.69) is 73.8 Å². The monoisotopic (exact) mass is 512 g/mol. The Hall–Kier alpha value is -4.40. The van der Waals surface area contributed by atoms with Gasteiger partial charge in [0.2, 0.25) is 5.91 Å². The molecule has 0 spiro atoms. The standard InChI is InChI=1S/C29H32N6O3/c1-18(2)26(34-29(37)38-3)28(36)35-14-4-5-25(35)27-31-16-24(33-27)22-12-8-20(9-13-22)19-6-10-21(11-7-19)23-15-30-17-32-23/h6-13,15-18,25-26H,4-5,14H2,1-3H3,(H,30,32)(H,31,33)(H,34,37)/t25?,26-/m0/s1. The summed E-state index contributed by atoms with van der Waals surface area (Å²) in [7, 11) is 1.30. The smallest absolute Gasteiger partial charge is 0.407 e. The molecular formula is C29H32N6O3. The molecule has 0 bridgehead atoms. The molecule has 9 heteroatoms. The maximum absolute atomic E-state index is 13.4. The molecule has 3 N–H and O–H groups in total. The zero-order valence-electron chi connectivity index (χ0n) is 21.8. The lowest BCUT2D eigenvalue weighted by atomic mass is 10.0. The van der Waals surface area contributed by atoms with Crippen LogP contribution in [0.4, 0.5) is 4.79 Å². The van der Waals surface area contributed by atoms with Gasteiger partial charge in [-0.2, -0.15) is 0 Å². The van der Waals surface area contributed by atoms with Crippen molar-refractivity contribution < 1.29 is 14.3 Å². The van der Waals surface area contributed by atoms with Crippen LogP contribution < -0.4 is 5.32 Å². The zero-order valence-corrected chi connectivity index (χ0v) is 21.8. The van der Waals surface area contributed by atoms with Crippen LogP contribution in [0.25, 0.3) is 33.6 Å². The zero-order chi connectivity index (χ0) is 26.6. The van der Waals surface area contributed by atoms with Crippen molar-refractivity contribution in [3.8, 4) is 33.6 Å². The molecule has 2 amide bonds. The number of aromatic nitrogens is 4. The number of benzene rings is 2. The van der Waals surface area contributed by atoms with Crippen molar-refractivity contribution in [3.63, 3.8) is 0 Å². The summed E-state index contributed by atoms with van der Waals surface area (Å²) >= 11 is 0. The van der Waals surface area contributed by atoms with E-state index in [4.69, 9.17) is 4.74 Å². The van der Waals surface area contributed by atoms with Crippen molar-refractivity contribution in [2.24, 2.45) is 5.92 Å². The molecule has 0 aliphatic carbocycles. The predicted octanol–water partition coefficient (Wildman–Crippen LogP) is 5.18. The summed E-state index contributed by atoms with van der Waals surface area (Å²) in [6.07, 6.45) is 6.39. The Labute approximate surface area is 221 Å². The molecule has 1 saturated heterocycles. The Bertz CT molecular complexity index is 1380. The number of likely N-dealkylation sites (tertiary alicyclic amines) is 1. The van der Waals surface area contributed by atoms with Gasteiger partial charge >= 0.3 is 6.09 Å². The highest BCUT2D eigenvalue weighted by atomic mass is 16.5. The summed E-state index contributed by atoms with van der Waals surface area (Å²) in [5.41, 5.74) is 6.25. The number of imidazole rings is 2. The third kappa shape index (κ3) is 5.18. The fourth-order valence-electron chi connectivity index (χ4n) is 4.94. The predicted molar refractivity (Wildman–Crippen MR) is 145 cm³/mol. The van der Waals surface area contributed by atoms with E-state index in [1.807, 2.05) is 31.1 Å². The second-order valence-corrected chi connectivity index (χ2v) is 9.85. The number of carbonyl (C=O) groups is 2. The molecule has 3 heterocycles. The summed E-state index contributed by atoms with van der Waals surface area (Å²) in [6.45, 7) is 4.44. The first-order valence-electron chi connectivity index (χ1n) is 12.8. The average Bonchev–Trinajstić information content (AvgIpc) is 3.73. The van der Waals surface area contributed by atoms with Gasteiger partial charge in [0.1, 0.15) is 11.9 Å². The third-order valence-corrected chi connectivity index (χ3v) is 7.06. The highest BCUT2D eigenvalue weighted by molar-refractivity contribution is 5.86. The minimum absolute atomic E-state index is 0.0739. The highest BCUT2D eigenvalue weighted by Crippen LogP contribution is 2.33. The van der Waals surface area contributed by atoms with E-state index in [1.165, 1.54) is 7.11 Å². The van der Waals surface area contributed by atoms with E-state index < -0.39 is 12.1 Å². The van der Waals surface area contributed by atoms with Gasteiger partial charge in [0.15, 0.2) is 0 Å². The van der Waals surface area contributed by atoms with Gasteiger partial charge in [-0.05, 0) is 41.0 Å². The van der Waals surface area contributed by atoms with Gasteiger partial charge in [-0.3, -0.25) is 4.79 Å². The van der Waals surface area contributed by atoms with E-state index in [0.717, 1.165) is 52.3 Å². The van der Waals surface area contributed by atoms with Crippen molar-refractivity contribution in [2.75, 3.05) is 13.7 Å². The number of ether oxygens (including phenoxy) is 1. The summed E-state index contributed by atoms with van der Waals surface area (Å²) in [5, 5.41) is 2.69. The van der Waals surface area contributed by atoms with E-state index in [9.17, 15) is 9.59 Å². The van der Waals surface area contributed by atoms with Gasteiger partial charge in [-0.15, -0.1) is 0 Å². The minimum Gasteiger partial charge on any atom is -0.453 e. The number of alkyl carbamates (subject to hydrolysis) is 1. The molecule has 1 aliphatic rings. The first-order chi connectivity index (χ1) is 18.4. The number of amides is 2. The van der Waals surface area contributed by atoms with Crippen LogP contribution in [-0.2, 0) is 9.53 Å². The molecule has 2 atom stereocenters. The molecule has 38 heavy (non-hydrogen) atoms. The average molecular weight is 513 g/mol. The van der Waals surface area contributed by atoms with E-state index in [-0.39, 0.29) is 17.9 Å². The lowest BCUT2D eigenvalue weighted by Crippen LogP contribution is -2.51. The lowest BCUT2D eigenvalue weighted by molar-refractivity contribution is -0.135. The first-order valence-corrected chi connectivity index (χ1v) is 12.8. The fourth-order valence-corrected chi connectivity index (χ4v) is 4.94. The largest absolute Gasteiger partial charge is 0.453 e. The number of nitrogens with zero attached hydrogens (tertiary/aromatic N) is 3. The maximum atomic E-state index is 13.4. The van der Waals surface area contributed by atoms with Gasteiger partial charge in [-0.25, -0.2) is 14.8 Å². The van der Waals surface area contributed by atoms with E-state index in [0.29, 0.717) is 6.54 Å². The van der Waals surface area contributed by atoms with E-state index >= 15 is 0 Å². The maximum Gasteiger partial charge on any atom is 0.407 e. The number of hydrogen-bond acceptors (Lipinski definition) is 5. The van der Waals surface area contributed by atoms with Gasteiger partial charge in [0, 0.05) is 6.54 Å². The Morgan fingerprint density at radius 2 is 1.61 bits per heavy atom. The number of rotatable bonds is 7. The van der Waals surface area contributed by atoms with Gasteiger partial charge in [0.05, 0.1) is 43.3 Å². The molecule has 4 aromatic rings. The molecule has 0 saturated carbocycles. The Balaban J connectivity index is 1.30. The Kier molecular flexibility index (Phi) is 7.26. The Morgan fingerprint density at radius 3 is 2.18 bits per heavy atom. The molecule has 5 rings (SSSR count). The summed E-state index contributed by atoms with van der Waals surface area (Å²) in [6, 6.07) is 15.9. The van der Waals surface area contributed by atoms with Crippen molar-refractivity contribution >= 4 is 12.0 Å². The van der Waals surface area contributed by atoms with Crippen LogP contribution in [-0.4, -0.2) is 56.5 Å². The molecular weight excluding hydrogens is 480 g/mol. The second-order valence-electron chi connectivity index (χ2n) is 9.85. The van der Waals surface area contributed by atoms with Crippen molar-refractivity contribution in [1.82, 2.24) is 30.2 Å². The SMILES string of the molecule is COC(=O)N[C@H](C(=O)N1CCCC1c1ncc(-c2ccc(-c3ccc(-c4cnc[nH]4)cc3)cc2)[nH]1)C(C)C. The van der Waals surface area contributed by atoms with E-state index in [1.54, 1.807) is 6.33 Å². The third-order valence-electron chi connectivity index (χ3n) is 7.06. The molecule has 1 aliphatic heterocycles. The first kappa shape index (κ1) is 25.3. The fraction of sp³-hybridized carbons (Fsp3) is 0.310. The molecule has 2 aromatic carbocycles. The Morgan fingerprint density at radius 1 is 0.974 bits per heavy atom. The van der Waals surface area contributed by atoms with Crippen LogP contribution in [0.5, 0.6) is 0 Å². The van der Waals surface area contributed by atoms with Gasteiger partial charge in [-0.1, -0.05) is 62.4 Å². The number of H-pyrrole nitrogens is 2. The summed E-state index contributed by atoms with van der Waals surface area (Å²) < 4.78 is 4.72. The number of carbonyl (C=O) groups excluding carboxylic acids is 2. The lowest BCUT2D eigenvalue weighted by Gasteiger charge is -2.30. The molecule has 196 valence electrons. The van der Waals surface area contributed by atoms with Crippen LogP contribution in [0.3, 0.4) is 0 Å². The summed E-state index contributed by atoms with van der Waals surface area (Å²) in [5.74, 6) is 0.564. The van der Waals surface area contributed by atoms with Crippen LogP contribution in [0.2, 0.25) is 0 Å². The number of nitrogens with one attached hydrogen (secondary N) is 3. The van der Waals surface area contributed by atoms with Crippen molar-refractivity contribution in [3.05, 3.63) is 73.1 Å². The highest BCUT2D eigenvalue weighted by Gasteiger charge is 2.37. The summed E-state index contributed by atoms with van der Waals surface area (Å²) in [4.78, 5) is 42.3. The normalized spacial score (nSPS) is 16.0. The van der Waals surface area contributed by atoms with Crippen LogP contribution in [0, 0.1) is 5.92 Å². The quantitative estimate of drug-likeness (QED) is 0.316. The van der Waals surface area contributed by atoms with Crippen molar-refractivity contribution in [1.29, 1.82) is 0 Å². The molecule has 2 aromatic heterocycles. The number of methoxy groups -OCH3 is 1. The molecule has 1 unspecified atom stereocenters. The van der Waals surface area contributed by atoms with Gasteiger partial charge < -0.3 is 24.9 Å². The number of hydrogen-bond donors (Lipinski definition) is 3. The van der Waals surface area contributed by atoms with Gasteiger partial charge in [0.25, 0.3) is 0 Å². The van der Waals surface area contributed by atoms with Crippen LogP contribution in [0.1, 0.15) is 38.6 Å². The van der Waals surface area contributed by atoms with Crippen LogP contribution >= 0.6 is 0 Å². The van der Waals surface area contributed by atoms with Crippen molar-refractivity contribution in [2.45, 2.75) is 38.8 Å². The second kappa shape index (κ2) is 10.9. The molecule has 9 nitrogen and oxygen atoms in total. The topological polar surface area (TPSA) is 116 Å². The molecule has 0 radical (unpaired) electrons. The number of aromatic amines is 2. The van der Waals surface area contributed by atoms with Crippen LogP contribution in [0.15, 0.2) is 67.3 Å². The minimum atomic E-state index is -0.654.